The summed E-state index contributed by atoms with van der Waals surface area (Å²) >= 11 is 0. The number of para-hydroxylation sites is 1. The van der Waals surface area contributed by atoms with Gasteiger partial charge in [0.05, 0.1) is 6.61 Å². The maximum absolute atomic E-state index is 12.3. The first-order chi connectivity index (χ1) is 14.6. The molecule has 3 rings (SSSR count). The van der Waals surface area contributed by atoms with Crippen LogP contribution in [0.15, 0.2) is 59.4 Å². The van der Waals surface area contributed by atoms with E-state index in [-0.39, 0.29) is 5.56 Å². The van der Waals surface area contributed by atoms with Crippen molar-refractivity contribution in [3.05, 3.63) is 76.1 Å². The van der Waals surface area contributed by atoms with Gasteiger partial charge in [-0.1, -0.05) is 44.4 Å². The van der Waals surface area contributed by atoms with E-state index in [9.17, 15) is 14.4 Å². The number of benzene rings is 2. The molecule has 2 amide bonds. The van der Waals surface area contributed by atoms with Crippen LogP contribution in [-0.2, 0) is 0 Å². The Morgan fingerprint density at radius 1 is 0.933 bits per heavy atom. The van der Waals surface area contributed by atoms with Crippen molar-refractivity contribution in [1.29, 1.82) is 0 Å². The van der Waals surface area contributed by atoms with Crippen LogP contribution in [0.3, 0.4) is 0 Å². The average Bonchev–Trinajstić information content (AvgIpc) is 2.77. The molecular formula is C23H25N3O4. The molecule has 0 aliphatic heterocycles. The van der Waals surface area contributed by atoms with Crippen LogP contribution < -0.4 is 21.1 Å². The molecule has 0 saturated heterocycles. The van der Waals surface area contributed by atoms with Gasteiger partial charge in [-0.2, -0.15) is 0 Å². The molecule has 156 valence electrons. The molecule has 1 heterocycles. The highest BCUT2D eigenvalue weighted by Gasteiger charge is 2.13. The van der Waals surface area contributed by atoms with Gasteiger partial charge in [0, 0.05) is 11.1 Å². The Bertz CT molecular complexity index is 1070. The molecule has 0 fully saturated rings. The molecule has 0 radical (unpaired) electrons. The van der Waals surface area contributed by atoms with Gasteiger partial charge in [0.15, 0.2) is 0 Å². The van der Waals surface area contributed by atoms with Crippen molar-refractivity contribution in [3.63, 3.8) is 0 Å². The zero-order valence-corrected chi connectivity index (χ0v) is 16.9. The summed E-state index contributed by atoms with van der Waals surface area (Å²) in [6, 6.07) is 15.3. The highest BCUT2D eigenvalue weighted by molar-refractivity contribution is 6.00. The molecule has 30 heavy (non-hydrogen) atoms. The largest absolute Gasteiger partial charge is 0.494 e. The Morgan fingerprint density at radius 2 is 1.67 bits per heavy atom. The molecule has 3 N–H and O–H groups in total. The monoisotopic (exact) mass is 407 g/mol. The first-order valence-electron chi connectivity index (χ1n) is 10.0. The van der Waals surface area contributed by atoms with Crippen molar-refractivity contribution >= 4 is 22.7 Å². The van der Waals surface area contributed by atoms with Crippen molar-refractivity contribution in [2.24, 2.45) is 0 Å². The fourth-order valence-corrected chi connectivity index (χ4v) is 2.99. The smallest absolute Gasteiger partial charge is 0.275 e. The minimum Gasteiger partial charge on any atom is -0.494 e. The Kier molecular flexibility index (Phi) is 7.21. The lowest BCUT2D eigenvalue weighted by Crippen LogP contribution is -2.43. The standard InChI is InChI=1S/C23H25N3O4/c1-2-3-4-7-14-30-18-12-10-16(11-13-18)21(27)25-26-23(29)19-15-17-8-5-6-9-20(17)24-22(19)28/h5-6,8-13,15H,2-4,7,14H2,1H3,(H,24,28)(H,25,27)(H,26,29). The molecule has 0 saturated carbocycles. The van der Waals surface area contributed by atoms with E-state index in [1.807, 2.05) is 6.07 Å². The lowest BCUT2D eigenvalue weighted by atomic mass is 10.1. The number of ether oxygens (including phenoxy) is 1. The lowest BCUT2D eigenvalue weighted by molar-refractivity contribution is 0.0846. The summed E-state index contributed by atoms with van der Waals surface area (Å²) in [4.78, 5) is 39.4. The third kappa shape index (κ3) is 5.47. The molecule has 3 aromatic rings. The van der Waals surface area contributed by atoms with Crippen LogP contribution in [0, 0.1) is 0 Å². The Hall–Kier alpha value is -3.61. The summed E-state index contributed by atoms with van der Waals surface area (Å²) < 4.78 is 5.65. The number of aromatic nitrogens is 1. The number of fused-ring (bicyclic) bond motifs is 1. The number of rotatable bonds is 8. The minimum atomic E-state index is -0.692. The van der Waals surface area contributed by atoms with Crippen molar-refractivity contribution < 1.29 is 14.3 Å². The fourth-order valence-electron chi connectivity index (χ4n) is 2.99. The van der Waals surface area contributed by atoms with E-state index in [1.54, 1.807) is 42.5 Å². The predicted molar refractivity (Wildman–Crippen MR) is 116 cm³/mol. The van der Waals surface area contributed by atoms with Crippen LogP contribution >= 0.6 is 0 Å². The maximum Gasteiger partial charge on any atom is 0.275 e. The number of hydrogen-bond acceptors (Lipinski definition) is 4. The lowest BCUT2D eigenvalue weighted by Gasteiger charge is -2.09. The molecule has 0 bridgehead atoms. The van der Waals surface area contributed by atoms with Gasteiger partial charge in [-0.15, -0.1) is 0 Å². The second kappa shape index (κ2) is 10.2. The average molecular weight is 407 g/mol. The van der Waals surface area contributed by atoms with Crippen molar-refractivity contribution in [2.75, 3.05) is 6.61 Å². The van der Waals surface area contributed by atoms with Crippen LogP contribution in [-0.4, -0.2) is 23.4 Å². The number of aromatic amines is 1. The van der Waals surface area contributed by atoms with E-state index in [0.29, 0.717) is 23.4 Å². The summed E-state index contributed by atoms with van der Waals surface area (Å²) in [7, 11) is 0. The number of hydrogen-bond donors (Lipinski definition) is 3. The molecule has 7 heteroatoms. The van der Waals surface area contributed by atoms with Gasteiger partial charge >= 0.3 is 0 Å². The normalized spacial score (nSPS) is 10.6. The fraction of sp³-hybridized carbons (Fsp3) is 0.261. The second-order valence-corrected chi connectivity index (χ2v) is 6.94. The highest BCUT2D eigenvalue weighted by Crippen LogP contribution is 2.13. The van der Waals surface area contributed by atoms with Crippen LogP contribution in [0.25, 0.3) is 10.9 Å². The number of pyridine rings is 1. The van der Waals surface area contributed by atoms with Gasteiger partial charge in [0.2, 0.25) is 0 Å². The SMILES string of the molecule is CCCCCCOc1ccc(C(=O)NNC(=O)c2cc3ccccc3[nH]c2=O)cc1. The number of unbranched alkanes of at least 4 members (excludes halogenated alkanes) is 3. The zero-order valence-electron chi connectivity index (χ0n) is 16.9. The first-order valence-corrected chi connectivity index (χ1v) is 10.0. The van der Waals surface area contributed by atoms with E-state index in [1.165, 1.54) is 18.9 Å². The van der Waals surface area contributed by atoms with Crippen molar-refractivity contribution in [3.8, 4) is 5.75 Å². The molecule has 2 aromatic carbocycles. The summed E-state index contributed by atoms with van der Waals surface area (Å²) in [6.45, 7) is 2.80. The Balaban J connectivity index is 1.54. The summed E-state index contributed by atoms with van der Waals surface area (Å²) in [5.41, 5.74) is 5.00. The first kappa shape index (κ1) is 21.1. The van der Waals surface area contributed by atoms with E-state index in [0.717, 1.165) is 18.2 Å². The molecule has 7 nitrogen and oxygen atoms in total. The van der Waals surface area contributed by atoms with E-state index in [2.05, 4.69) is 22.8 Å². The number of nitrogens with one attached hydrogen (secondary N) is 3. The van der Waals surface area contributed by atoms with Gasteiger partial charge in [0.1, 0.15) is 11.3 Å². The van der Waals surface area contributed by atoms with Gasteiger partial charge < -0.3 is 9.72 Å². The van der Waals surface area contributed by atoms with Crippen LogP contribution in [0.1, 0.15) is 53.3 Å². The van der Waals surface area contributed by atoms with Gasteiger partial charge in [-0.25, -0.2) is 0 Å². The molecule has 0 spiro atoms. The van der Waals surface area contributed by atoms with Crippen molar-refractivity contribution in [2.45, 2.75) is 32.6 Å². The molecule has 0 atom stereocenters. The number of H-pyrrole nitrogens is 1. The quantitative estimate of drug-likeness (QED) is 0.393. The van der Waals surface area contributed by atoms with E-state index >= 15 is 0 Å². The predicted octanol–water partition coefficient (Wildman–Crippen LogP) is 3.56. The van der Waals surface area contributed by atoms with Crippen LogP contribution in [0.5, 0.6) is 5.75 Å². The maximum atomic E-state index is 12.3. The highest BCUT2D eigenvalue weighted by atomic mass is 16.5. The van der Waals surface area contributed by atoms with Crippen LogP contribution in [0.2, 0.25) is 0 Å². The molecule has 1 aromatic heterocycles. The number of carbonyl (C=O) groups is 2. The van der Waals surface area contributed by atoms with Gasteiger partial charge in [-0.05, 0) is 48.2 Å². The second-order valence-electron chi connectivity index (χ2n) is 6.94. The van der Waals surface area contributed by atoms with Crippen molar-refractivity contribution in [1.82, 2.24) is 15.8 Å². The zero-order chi connectivity index (χ0) is 21.3. The Morgan fingerprint density at radius 3 is 2.43 bits per heavy atom. The van der Waals surface area contributed by atoms with Gasteiger partial charge in [0.25, 0.3) is 17.4 Å². The minimum absolute atomic E-state index is 0.0826. The third-order valence-corrected chi connectivity index (χ3v) is 4.67. The third-order valence-electron chi connectivity index (χ3n) is 4.67. The summed E-state index contributed by atoms with van der Waals surface area (Å²) in [6.07, 6.45) is 4.50. The van der Waals surface area contributed by atoms with Crippen LogP contribution in [0.4, 0.5) is 0 Å². The number of carbonyl (C=O) groups excluding carboxylic acids is 2. The van der Waals surface area contributed by atoms with E-state index in [4.69, 9.17) is 4.74 Å². The number of amides is 2. The molecule has 0 aliphatic rings. The van der Waals surface area contributed by atoms with E-state index < -0.39 is 17.4 Å². The molecule has 0 unspecified atom stereocenters. The summed E-state index contributed by atoms with van der Waals surface area (Å²) in [5, 5.41) is 0.721. The topological polar surface area (TPSA) is 100 Å². The molecule has 0 aliphatic carbocycles. The Labute approximate surface area is 174 Å². The molecular weight excluding hydrogens is 382 g/mol. The van der Waals surface area contributed by atoms with Gasteiger partial charge in [-0.3, -0.25) is 25.2 Å². The number of hydrazine groups is 1. The summed E-state index contributed by atoms with van der Waals surface area (Å²) in [5.74, 6) is -0.493.